The predicted molar refractivity (Wildman–Crippen MR) is 128 cm³/mol. The summed E-state index contributed by atoms with van der Waals surface area (Å²) in [6.07, 6.45) is 2.79. The van der Waals surface area contributed by atoms with Gasteiger partial charge in [-0.25, -0.2) is 9.80 Å². The molecule has 3 aromatic rings. The molecule has 0 aliphatic heterocycles. The van der Waals surface area contributed by atoms with Gasteiger partial charge in [0.25, 0.3) is 0 Å². The Balaban J connectivity index is 2.06. The average molecular weight is 484 g/mol. The third-order valence-corrected chi connectivity index (χ3v) is 5.07. The maximum Gasteiger partial charge on any atom is 0.419 e. The second-order valence-electron chi connectivity index (χ2n) is 8.46. The molecule has 162 valence electrons. The van der Waals surface area contributed by atoms with Gasteiger partial charge in [-0.15, -0.1) is 0 Å². The van der Waals surface area contributed by atoms with Crippen molar-refractivity contribution in [3.05, 3.63) is 63.8 Å². The van der Waals surface area contributed by atoms with Crippen molar-refractivity contribution in [3.63, 3.8) is 0 Å². The Morgan fingerprint density at radius 1 is 1.13 bits per heavy atom. The van der Waals surface area contributed by atoms with Crippen molar-refractivity contribution < 1.29 is 14.3 Å². The molecule has 0 aliphatic rings. The lowest BCUT2D eigenvalue weighted by Gasteiger charge is -2.19. The van der Waals surface area contributed by atoms with Gasteiger partial charge in [0.15, 0.2) is 0 Å². The van der Waals surface area contributed by atoms with Crippen molar-refractivity contribution in [1.82, 2.24) is 4.57 Å². The molecule has 0 radical (unpaired) electrons. The lowest BCUT2D eigenvalue weighted by atomic mass is 10.1. The summed E-state index contributed by atoms with van der Waals surface area (Å²) in [7, 11) is 0. The molecule has 0 unspecified atom stereocenters. The van der Waals surface area contributed by atoms with Gasteiger partial charge in [-0.2, -0.15) is 5.10 Å². The summed E-state index contributed by atoms with van der Waals surface area (Å²) in [5.74, 6) is -0.207. The van der Waals surface area contributed by atoms with Crippen LogP contribution < -0.4 is 5.01 Å². The molecule has 0 saturated carbocycles. The highest BCUT2D eigenvalue weighted by Crippen LogP contribution is 2.26. The van der Waals surface area contributed by atoms with Crippen LogP contribution in [-0.4, -0.2) is 28.4 Å². The molecule has 1 aromatic heterocycles. The monoisotopic (exact) mass is 483 g/mol. The van der Waals surface area contributed by atoms with Crippen LogP contribution in [0.2, 0.25) is 0 Å². The molecule has 0 fully saturated rings. The Bertz CT molecular complexity index is 1190. The average Bonchev–Trinajstić information content (AvgIpc) is 2.99. The Kier molecular flexibility index (Phi) is 6.36. The summed E-state index contributed by atoms with van der Waals surface area (Å²) in [5, 5.41) is 6.64. The minimum Gasteiger partial charge on any atom is -0.443 e. The zero-order chi connectivity index (χ0) is 22.9. The second kappa shape index (κ2) is 8.67. The SMILES string of the molecule is CC(=O)N(/N=C/c1cn(C(=O)OC(C)(C)C)c2cc(Br)ccc12)c1ccc(C)cc1C. The van der Waals surface area contributed by atoms with Crippen molar-refractivity contribution in [2.24, 2.45) is 5.10 Å². The summed E-state index contributed by atoms with van der Waals surface area (Å²) in [5.41, 5.74) is 3.54. The summed E-state index contributed by atoms with van der Waals surface area (Å²) in [6.45, 7) is 10.9. The van der Waals surface area contributed by atoms with E-state index >= 15 is 0 Å². The Morgan fingerprint density at radius 2 is 1.84 bits per heavy atom. The summed E-state index contributed by atoms with van der Waals surface area (Å²) in [4.78, 5) is 25.1. The molecule has 6 nitrogen and oxygen atoms in total. The number of nitrogens with zero attached hydrogens (tertiary/aromatic N) is 3. The van der Waals surface area contributed by atoms with E-state index in [4.69, 9.17) is 4.74 Å². The van der Waals surface area contributed by atoms with Gasteiger partial charge in [-0.1, -0.05) is 39.7 Å². The smallest absolute Gasteiger partial charge is 0.419 e. The first kappa shape index (κ1) is 22.7. The number of hydrogen-bond donors (Lipinski definition) is 0. The number of aryl methyl sites for hydroxylation is 2. The minimum atomic E-state index is -0.623. The number of fused-ring (bicyclic) bond motifs is 1. The van der Waals surface area contributed by atoms with Crippen LogP contribution in [0.1, 0.15) is 44.4 Å². The van der Waals surface area contributed by atoms with E-state index in [1.165, 1.54) is 16.5 Å². The largest absolute Gasteiger partial charge is 0.443 e. The van der Waals surface area contributed by atoms with E-state index in [1.807, 2.05) is 71.0 Å². The number of ether oxygens (including phenoxy) is 1. The minimum absolute atomic E-state index is 0.207. The molecule has 1 amide bonds. The summed E-state index contributed by atoms with van der Waals surface area (Å²) in [6, 6.07) is 11.5. The number of rotatable bonds is 3. The highest BCUT2D eigenvalue weighted by Gasteiger charge is 2.21. The van der Waals surface area contributed by atoms with Gasteiger partial charge in [-0.05, 0) is 58.4 Å². The number of carbonyl (C=O) groups is 2. The van der Waals surface area contributed by atoms with Gasteiger partial charge >= 0.3 is 6.09 Å². The lowest BCUT2D eigenvalue weighted by molar-refractivity contribution is -0.116. The zero-order valence-corrected chi connectivity index (χ0v) is 20.1. The first-order valence-electron chi connectivity index (χ1n) is 9.92. The molecule has 0 N–H and O–H groups in total. The fourth-order valence-electron chi connectivity index (χ4n) is 3.27. The van der Waals surface area contributed by atoms with E-state index in [0.717, 1.165) is 21.0 Å². The van der Waals surface area contributed by atoms with Crippen LogP contribution in [0, 0.1) is 13.8 Å². The van der Waals surface area contributed by atoms with E-state index in [2.05, 4.69) is 21.0 Å². The van der Waals surface area contributed by atoms with Gasteiger partial charge in [0, 0.05) is 28.5 Å². The van der Waals surface area contributed by atoms with E-state index < -0.39 is 11.7 Å². The van der Waals surface area contributed by atoms with Crippen molar-refractivity contribution in [2.75, 3.05) is 5.01 Å². The van der Waals surface area contributed by atoms with Crippen molar-refractivity contribution >= 4 is 50.7 Å². The molecule has 0 aliphatic carbocycles. The molecule has 0 spiro atoms. The molecule has 2 aromatic carbocycles. The molecular formula is C24H26BrN3O3. The molecule has 3 rings (SSSR count). The molecule has 7 heteroatoms. The maximum absolute atomic E-state index is 12.8. The first-order chi connectivity index (χ1) is 14.5. The molecular weight excluding hydrogens is 458 g/mol. The van der Waals surface area contributed by atoms with Gasteiger partial charge in [0.1, 0.15) is 5.60 Å². The van der Waals surface area contributed by atoms with Crippen LogP contribution in [0.25, 0.3) is 10.9 Å². The van der Waals surface area contributed by atoms with Crippen molar-refractivity contribution in [1.29, 1.82) is 0 Å². The van der Waals surface area contributed by atoms with Gasteiger partial charge in [0.05, 0.1) is 17.4 Å². The summed E-state index contributed by atoms with van der Waals surface area (Å²) < 4.78 is 7.84. The van der Waals surface area contributed by atoms with Crippen LogP contribution in [0.4, 0.5) is 10.5 Å². The predicted octanol–water partition coefficient (Wildman–Crippen LogP) is 6.19. The normalized spacial score (nSPS) is 11.8. The molecule has 0 bridgehead atoms. The fraction of sp³-hybridized carbons (Fsp3) is 0.292. The van der Waals surface area contributed by atoms with Gasteiger partial charge in [-0.3, -0.25) is 9.36 Å². The number of aromatic nitrogens is 1. The third-order valence-electron chi connectivity index (χ3n) is 4.58. The standard InChI is InChI=1S/C24H26BrN3O3/c1-15-7-10-21(16(2)11-15)28(17(3)29)26-13-18-14-27(23(30)31-24(4,5)6)22-12-19(25)8-9-20(18)22/h7-14H,1-6H3/b26-13+. The fourth-order valence-corrected chi connectivity index (χ4v) is 3.62. The second-order valence-corrected chi connectivity index (χ2v) is 9.38. The number of benzene rings is 2. The van der Waals surface area contributed by atoms with Crippen LogP contribution in [0.5, 0.6) is 0 Å². The van der Waals surface area contributed by atoms with E-state index in [9.17, 15) is 9.59 Å². The van der Waals surface area contributed by atoms with Crippen molar-refractivity contribution in [3.8, 4) is 0 Å². The Labute approximate surface area is 190 Å². The Hall–Kier alpha value is -2.93. The van der Waals surface area contributed by atoms with Crippen molar-refractivity contribution in [2.45, 2.75) is 47.1 Å². The summed E-state index contributed by atoms with van der Waals surface area (Å²) >= 11 is 3.46. The number of halogens is 1. The number of anilines is 1. The third kappa shape index (κ3) is 5.22. The van der Waals surface area contributed by atoms with Crippen LogP contribution in [0.3, 0.4) is 0 Å². The molecule has 0 atom stereocenters. The first-order valence-corrected chi connectivity index (χ1v) is 10.7. The van der Waals surface area contributed by atoms with Crippen LogP contribution in [-0.2, 0) is 9.53 Å². The number of amides is 1. The van der Waals surface area contributed by atoms with Crippen LogP contribution >= 0.6 is 15.9 Å². The lowest BCUT2D eigenvalue weighted by Crippen LogP contribution is -2.26. The molecule has 0 saturated heterocycles. The highest BCUT2D eigenvalue weighted by molar-refractivity contribution is 9.10. The number of hydrogen-bond acceptors (Lipinski definition) is 4. The Morgan fingerprint density at radius 3 is 2.45 bits per heavy atom. The topological polar surface area (TPSA) is 63.9 Å². The van der Waals surface area contributed by atoms with Crippen LogP contribution in [0.15, 0.2) is 52.2 Å². The van der Waals surface area contributed by atoms with Gasteiger partial charge < -0.3 is 4.74 Å². The van der Waals surface area contributed by atoms with E-state index in [0.29, 0.717) is 16.8 Å². The highest BCUT2D eigenvalue weighted by atomic mass is 79.9. The molecule has 31 heavy (non-hydrogen) atoms. The van der Waals surface area contributed by atoms with E-state index in [1.54, 1.807) is 12.4 Å². The maximum atomic E-state index is 12.8. The van der Waals surface area contributed by atoms with E-state index in [-0.39, 0.29) is 5.91 Å². The molecule has 1 heterocycles. The zero-order valence-electron chi connectivity index (χ0n) is 18.6. The number of hydrazone groups is 1. The van der Waals surface area contributed by atoms with Gasteiger partial charge in [0.2, 0.25) is 5.91 Å². The number of carbonyl (C=O) groups excluding carboxylic acids is 2. The quantitative estimate of drug-likeness (QED) is 0.329.